The maximum atomic E-state index is 12.2. The number of carbonyl (C=O) groups is 1. The number of nitrogen functional groups attached to an aromatic ring is 1. The Balaban J connectivity index is 1.78. The molecule has 0 saturated heterocycles. The number of rotatable bonds is 3. The molecule has 3 N–H and O–H groups in total. The molecule has 4 aromatic rings. The van der Waals surface area contributed by atoms with Crippen LogP contribution in [0.1, 0.15) is 21.6 Å². The molecule has 5 rings (SSSR count). The Morgan fingerprint density at radius 1 is 1.17 bits per heavy atom. The molecule has 0 unspecified atom stereocenters. The van der Waals surface area contributed by atoms with E-state index in [0.717, 1.165) is 45.9 Å². The van der Waals surface area contributed by atoms with E-state index in [4.69, 9.17) is 10.8 Å². The van der Waals surface area contributed by atoms with Gasteiger partial charge in [0.05, 0.1) is 22.8 Å². The van der Waals surface area contributed by atoms with Crippen molar-refractivity contribution in [1.29, 1.82) is 0 Å². The normalized spacial score (nSPS) is 12.3. The van der Waals surface area contributed by atoms with Gasteiger partial charge in [-0.15, -0.1) is 0 Å². The zero-order valence-corrected chi connectivity index (χ0v) is 16.8. The van der Waals surface area contributed by atoms with Gasteiger partial charge in [-0.2, -0.15) is 10.2 Å². The molecular weight excluding hydrogens is 378 g/mol. The van der Waals surface area contributed by atoms with Crippen molar-refractivity contribution >= 4 is 11.7 Å². The van der Waals surface area contributed by atoms with Crippen molar-refractivity contribution in [2.75, 3.05) is 12.8 Å². The van der Waals surface area contributed by atoms with Crippen molar-refractivity contribution in [2.24, 2.45) is 0 Å². The molecule has 0 spiro atoms. The molecule has 30 heavy (non-hydrogen) atoms. The van der Waals surface area contributed by atoms with Crippen LogP contribution in [0, 0.1) is 6.92 Å². The molecule has 0 fully saturated rings. The number of hydrogen-bond acceptors (Lipinski definition) is 5. The Kier molecular flexibility index (Phi) is 4.13. The minimum absolute atomic E-state index is 0.205. The second kappa shape index (κ2) is 6.84. The van der Waals surface area contributed by atoms with Crippen molar-refractivity contribution < 1.29 is 4.79 Å². The van der Waals surface area contributed by atoms with Crippen LogP contribution in [0.3, 0.4) is 0 Å². The number of nitrogens with two attached hydrogens (primary N) is 1. The molecule has 1 aliphatic heterocycles. The summed E-state index contributed by atoms with van der Waals surface area (Å²) < 4.78 is 3.84. The summed E-state index contributed by atoms with van der Waals surface area (Å²) in [5.41, 5.74) is 13.0. The van der Waals surface area contributed by atoms with Crippen LogP contribution < -0.4 is 11.1 Å². The summed E-state index contributed by atoms with van der Waals surface area (Å²) in [5, 5.41) is 12.1. The number of aromatic nitrogens is 5. The van der Waals surface area contributed by atoms with E-state index in [0.29, 0.717) is 18.1 Å². The van der Waals surface area contributed by atoms with Gasteiger partial charge in [0.25, 0.3) is 5.91 Å². The highest BCUT2D eigenvalue weighted by atomic mass is 16.1. The summed E-state index contributed by atoms with van der Waals surface area (Å²) in [6.45, 7) is 2.73. The molecule has 0 bridgehead atoms. The van der Waals surface area contributed by atoms with Crippen LogP contribution in [-0.2, 0) is 13.0 Å². The lowest BCUT2D eigenvalue weighted by molar-refractivity contribution is 0.0957. The summed E-state index contributed by atoms with van der Waals surface area (Å²) in [7, 11) is 1.61. The first-order valence-electron chi connectivity index (χ1n) is 9.77. The summed E-state index contributed by atoms with van der Waals surface area (Å²) in [5.74, 6) is 0.266. The standard InChI is InChI=1S/C22H21N7O/c1-13-5-3-4-6-17(13)29-21-15(20(27-29)14-7-8-19(23)25-12-14)9-10-28-18(21)11-16(26-28)22(30)24-2/h3-8,11-12H,9-10H2,1-2H3,(H2,23,25)(H,24,30). The first-order chi connectivity index (χ1) is 14.6. The summed E-state index contributed by atoms with van der Waals surface area (Å²) in [4.78, 5) is 16.4. The van der Waals surface area contributed by atoms with Crippen LogP contribution in [0.15, 0.2) is 48.7 Å². The molecule has 1 aliphatic rings. The molecule has 8 nitrogen and oxygen atoms in total. The first-order valence-corrected chi connectivity index (χ1v) is 9.77. The fourth-order valence-corrected chi connectivity index (χ4v) is 3.94. The highest BCUT2D eigenvalue weighted by Crippen LogP contribution is 2.38. The predicted molar refractivity (Wildman–Crippen MR) is 114 cm³/mol. The number of benzene rings is 1. The highest BCUT2D eigenvalue weighted by Gasteiger charge is 2.29. The molecule has 4 heterocycles. The molecule has 8 heteroatoms. The molecule has 0 aliphatic carbocycles. The Morgan fingerprint density at radius 3 is 2.73 bits per heavy atom. The van der Waals surface area contributed by atoms with E-state index in [9.17, 15) is 4.79 Å². The Bertz CT molecular complexity index is 1270. The smallest absolute Gasteiger partial charge is 0.271 e. The van der Waals surface area contributed by atoms with Crippen molar-refractivity contribution in [3.8, 4) is 28.3 Å². The Morgan fingerprint density at radius 2 is 2.00 bits per heavy atom. The second-order valence-electron chi connectivity index (χ2n) is 7.31. The third kappa shape index (κ3) is 2.76. The van der Waals surface area contributed by atoms with Crippen LogP contribution >= 0.6 is 0 Å². The fourth-order valence-electron chi connectivity index (χ4n) is 3.94. The third-order valence-electron chi connectivity index (χ3n) is 5.44. The highest BCUT2D eigenvalue weighted by molar-refractivity contribution is 5.93. The molecule has 0 radical (unpaired) electrons. The largest absolute Gasteiger partial charge is 0.384 e. The average Bonchev–Trinajstić information content (AvgIpc) is 3.36. The minimum Gasteiger partial charge on any atom is -0.384 e. The fraction of sp³-hybridized carbons (Fsp3) is 0.182. The van der Waals surface area contributed by atoms with Crippen molar-refractivity contribution in [3.63, 3.8) is 0 Å². The second-order valence-corrected chi connectivity index (χ2v) is 7.31. The van der Waals surface area contributed by atoms with Gasteiger partial charge in [-0.1, -0.05) is 18.2 Å². The average molecular weight is 399 g/mol. The molecular formula is C22H21N7O. The Labute approximate surface area is 173 Å². The van der Waals surface area contributed by atoms with Gasteiger partial charge in [0.1, 0.15) is 5.82 Å². The van der Waals surface area contributed by atoms with Crippen LogP contribution in [0.2, 0.25) is 0 Å². The van der Waals surface area contributed by atoms with Gasteiger partial charge in [-0.25, -0.2) is 9.67 Å². The number of para-hydroxylation sites is 1. The van der Waals surface area contributed by atoms with Crippen LogP contribution in [0.4, 0.5) is 5.82 Å². The van der Waals surface area contributed by atoms with E-state index in [-0.39, 0.29) is 5.91 Å². The van der Waals surface area contributed by atoms with Gasteiger partial charge in [-0.05, 0) is 43.2 Å². The van der Waals surface area contributed by atoms with Crippen molar-refractivity contribution in [3.05, 3.63) is 65.5 Å². The number of fused-ring (bicyclic) bond motifs is 3. The molecule has 0 atom stereocenters. The first kappa shape index (κ1) is 18.1. The van der Waals surface area contributed by atoms with Crippen molar-refractivity contribution in [1.82, 2.24) is 29.9 Å². The number of anilines is 1. The van der Waals surface area contributed by atoms with Gasteiger partial charge in [0.15, 0.2) is 5.69 Å². The van der Waals surface area contributed by atoms with Gasteiger partial charge in [-0.3, -0.25) is 9.48 Å². The number of nitrogens with zero attached hydrogens (tertiary/aromatic N) is 5. The van der Waals surface area contributed by atoms with Gasteiger partial charge in [0.2, 0.25) is 0 Å². The quantitative estimate of drug-likeness (QED) is 0.551. The van der Waals surface area contributed by atoms with Crippen LogP contribution in [0.25, 0.3) is 28.3 Å². The number of pyridine rings is 1. The van der Waals surface area contributed by atoms with Gasteiger partial charge < -0.3 is 11.1 Å². The summed E-state index contributed by atoms with van der Waals surface area (Å²) >= 11 is 0. The van der Waals surface area contributed by atoms with E-state index in [1.54, 1.807) is 19.3 Å². The predicted octanol–water partition coefficient (Wildman–Crippen LogP) is 2.60. The van der Waals surface area contributed by atoms with E-state index >= 15 is 0 Å². The van der Waals surface area contributed by atoms with Crippen LogP contribution in [-0.4, -0.2) is 37.5 Å². The number of aryl methyl sites for hydroxylation is 2. The van der Waals surface area contributed by atoms with E-state index in [1.807, 2.05) is 39.7 Å². The van der Waals surface area contributed by atoms with E-state index in [2.05, 4.69) is 28.4 Å². The monoisotopic (exact) mass is 399 g/mol. The minimum atomic E-state index is -0.205. The number of carbonyl (C=O) groups excluding carboxylic acids is 1. The molecule has 150 valence electrons. The zero-order chi connectivity index (χ0) is 20.8. The van der Waals surface area contributed by atoms with Gasteiger partial charge >= 0.3 is 0 Å². The Hall–Kier alpha value is -3.94. The number of hydrogen-bond donors (Lipinski definition) is 2. The topological polar surface area (TPSA) is 104 Å². The molecule has 1 aromatic carbocycles. The van der Waals surface area contributed by atoms with E-state index < -0.39 is 0 Å². The van der Waals surface area contributed by atoms with Crippen molar-refractivity contribution in [2.45, 2.75) is 19.9 Å². The summed E-state index contributed by atoms with van der Waals surface area (Å²) in [6, 6.07) is 13.7. The lowest BCUT2D eigenvalue weighted by Gasteiger charge is -2.17. The maximum absolute atomic E-state index is 12.2. The molecule has 3 aromatic heterocycles. The zero-order valence-electron chi connectivity index (χ0n) is 16.8. The molecule has 1 amide bonds. The third-order valence-corrected chi connectivity index (χ3v) is 5.44. The maximum Gasteiger partial charge on any atom is 0.271 e. The number of nitrogens with one attached hydrogen (secondary N) is 1. The van der Waals surface area contributed by atoms with Crippen LogP contribution in [0.5, 0.6) is 0 Å². The van der Waals surface area contributed by atoms with E-state index in [1.165, 1.54) is 0 Å². The molecule has 0 saturated carbocycles. The lowest BCUT2D eigenvalue weighted by atomic mass is 10.00. The SMILES string of the molecule is CNC(=O)c1cc2n(n1)CCc1c(-c3ccc(N)nc3)nn(-c3ccccc3C)c1-2. The van der Waals surface area contributed by atoms with Gasteiger partial charge in [0, 0.05) is 30.9 Å². The lowest BCUT2D eigenvalue weighted by Crippen LogP contribution is -2.19. The summed E-state index contributed by atoms with van der Waals surface area (Å²) in [6.07, 6.45) is 2.50. The number of amides is 1.